The summed E-state index contributed by atoms with van der Waals surface area (Å²) >= 11 is 0. The molecule has 0 atom stereocenters. The molecule has 1 aliphatic carbocycles. The third kappa shape index (κ3) is 5.85. The molecule has 1 aromatic rings. The number of rotatable bonds is 6. The predicted molar refractivity (Wildman–Crippen MR) is 102 cm³/mol. The molecule has 1 saturated carbocycles. The number of carbonyl (C=O) groups is 2. The Morgan fingerprint density at radius 2 is 1.64 bits per heavy atom. The van der Waals surface area contributed by atoms with E-state index >= 15 is 0 Å². The van der Waals surface area contributed by atoms with E-state index in [2.05, 4.69) is 29.6 Å². The second kappa shape index (κ2) is 8.99. The first-order valence-corrected chi connectivity index (χ1v) is 9.22. The fourth-order valence-electron chi connectivity index (χ4n) is 3.59. The zero-order valence-corrected chi connectivity index (χ0v) is 15.7. The summed E-state index contributed by atoms with van der Waals surface area (Å²) in [6.45, 7) is 2.19. The molecule has 2 rings (SSSR count). The molecule has 138 valence electrons. The van der Waals surface area contributed by atoms with Gasteiger partial charge in [-0.3, -0.25) is 9.59 Å². The van der Waals surface area contributed by atoms with Gasteiger partial charge in [-0.1, -0.05) is 37.8 Å². The van der Waals surface area contributed by atoms with Gasteiger partial charge in [0.1, 0.15) is 0 Å². The SMILES string of the molecule is CC(=O)Nc1ccc(CC(=O)NCC2(N(C)C)CCCCCC2)cc1. The van der Waals surface area contributed by atoms with Crippen molar-refractivity contribution in [1.82, 2.24) is 10.2 Å². The molecule has 2 N–H and O–H groups in total. The minimum Gasteiger partial charge on any atom is -0.354 e. The molecule has 5 heteroatoms. The number of benzene rings is 1. The Bertz CT molecular complexity index is 573. The van der Waals surface area contributed by atoms with Gasteiger partial charge < -0.3 is 15.5 Å². The Morgan fingerprint density at radius 3 is 2.16 bits per heavy atom. The largest absolute Gasteiger partial charge is 0.354 e. The maximum Gasteiger partial charge on any atom is 0.224 e. The summed E-state index contributed by atoms with van der Waals surface area (Å²) < 4.78 is 0. The van der Waals surface area contributed by atoms with Crippen molar-refractivity contribution >= 4 is 17.5 Å². The fourth-order valence-corrected chi connectivity index (χ4v) is 3.59. The van der Waals surface area contributed by atoms with Crippen molar-refractivity contribution < 1.29 is 9.59 Å². The molecule has 0 aromatic heterocycles. The van der Waals surface area contributed by atoms with Gasteiger partial charge in [-0.05, 0) is 44.6 Å². The van der Waals surface area contributed by atoms with Gasteiger partial charge in [0, 0.05) is 24.7 Å². The molecule has 25 heavy (non-hydrogen) atoms. The number of likely N-dealkylation sites (N-methyl/N-ethyl adjacent to an activating group) is 1. The Balaban J connectivity index is 1.89. The minimum absolute atomic E-state index is 0.0535. The van der Waals surface area contributed by atoms with E-state index in [1.165, 1.54) is 32.6 Å². The molecular formula is C20H31N3O2. The van der Waals surface area contributed by atoms with Crippen LogP contribution in [0.25, 0.3) is 0 Å². The first kappa shape index (κ1) is 19.4. The first-order chi connectivity index (χ1) is 11.9. The van der Waals surface area contributed by atoms with Crippen molar-refractivity contribution in [2.75, 3.05) is 26.0 Å². The molecule has 0 saturated heterocycles. The molecular weight excluding hydrogens is 314 g/mol. The van der Waals surface area contributed by atoms with Gasteiger partial charge in [0.15, 0.2) is 0 Å². The van der Waals surface area contributed by atoms with Gasteiger partial charge in [-0.25, -0.2) is 0 Å². The second-order valence-electron chi connectivity index (χ2n) is 7.36. The normalized spacial score (nSPS) is 17.0. The smallest absolute Gasteiger partial charge is 0.224 e. The van der Waals surface area contributed by atoms with E-state index in [1.54, 1.807) is 0 Å². The van der Waals surface area contributed by atoms with Crippen LogP contribution in [0.4, 0.5) is 5.69 Å². The van der Waals surface area contributed by atoms with Gasteiger partial charge in [-0.15, -0.1) is 0 Å². The standard InChI is InChI=1S/C20H31N3O2/c1-16(24)22-18-10-8-17(9-11-18)14-19(25)21-15-20(23(2)3)12-6-4-5-7-13-20/h8-11H,4-7,12-15H2,1-3H3,(H,21,25)(H,22,24). The third-order valence-corrected chi connectivity index (χ3v) is 5.24. The van der Waals surface area contributed by atoms with Crippen molar-refractivity contribution in [3.63, 3.8) is 0 Å². The van der Waals surface area contributed by atoms with Crippen LogP contribution >= 0.6 is 0 Å². The summed E-state index contributed by atoms with van der Waals surface area (Å²) in [5.41, 5.74) is 1.79. The van der Waals surface area contributed by atoms with E-state index in [0.717, 1.165) is 24.1 Å². The zero-order valence-electron chi connectivity index (χ0n) is 15.7. The van der Waals surface area contributed by atoms with Crippen LogP contribution in [-0.4, -0.2) is 42.9 Å². The van der Waals surface area contributed by atoms with Gasteiger partial charge in [0.05, 0.1) is 6.42 Å². The average Bonchev–Trinajstić information content (AvgIpc) is 2.81. The lowest BCUT2D eigenvalue weighted by Gasteiger charge is -2.39. The number of nitrogens with zero attached hydrogens (tertiary/aromatic N) is 1. The summed E-state index contributed by atoms with van der Waals surface area (Å²) in [6.07, 6.45) is 7.72. The lowest BCUT2D eigenvalue weighted by molar-refractivity contribution is -0.121. The Labute approximate surface area is 151 Å². The van der Waals surface area contributed by atoms with E-state index in [-0.39, 0.29) is 17.4 Å². The number of nitrogens with one attached hydrogen (secondary N) is 2. The molecule has 5 nitrogen and oxygen atoms in total. The molecule has 0 aliphatic heterocycles. The van der Waals surface area contributed by atoms with Gasteiger partial charge >= 0.3 is 0 Å². The zero-order chi connectivity index (χ0) is 18.3. The number of hydrogen-bond donors (Lipinski definition) is 2. The van der Waals surface area contributed by atoms with Crippen LogP contribution < -0.4 is 10.6 Å². The Kier molecular flexibility index (Phi) is 7.00. The Morgan fingerprint density at radius 1 is 1.04 bits per heavy atom. The summed E-state index contributed by atoms with van der Waals surface area (Å²) in [4.78, 5) is 25.7. The number of hydrogen-bond acceptors (Lipinski definition) is 3. The van der Waals surface area contributed by atoms with Gasteiger partial charge in [-0.2, -0.15) is 0 Å². The summed E-state index contributed by atoms with van der Waals surface area (Å²) in [7, 11) is 4.25. The van der Waals surface area contributed by atoms with E-state index in [0.29, 0.717) is 13.0 Å². The summed E-state index contributed by atoms with van der Waals surface area (Å²) in [5.74, 6) is -0.0411. The van der Waals surface area contributed by atoms with Crippen molar-refractivity contribution in [3.8, 4) is 0 Å². The third-order valence-electron chi connectivity index (χ3n) is 5.24. The molecule has 0 bridgehead atoms. The van der Waals surface area contributed by atoms with E-state index in [4.69, 9.17) is 0 Å². The van der Waals surface area contributed by atoms with Crippen molar-refractivity contribution in [2.24, 2.45) is 0 Å². The topological polar surface area (TPSA) is 61.4 Å². The van der Waals surface area contributed by atoms with Crippen LogP contribution in [0.3, 0.4) is 0 Å². The molecule has 1 fully saturated rings. The molecule has 0 radical (unpaired) electrons. The lowest BCUT2D eigenvalue weighted by atomic mass is 9.88. The van der Waals surface area contributed by atoms with Crippen LogP contribution in [0.2, 0.25) is 0 Å². The quantitative estimate of drug-likeness (QED) is 0.779. The van der Waals surface area contributed by atoms with Crippen molar-refractivity contribution in [2.45, 2.75) is 57.4 Å². The Hall–Kier alpha value is -1.88. The predicted octanol–water partition coefficient (Wildman–Crippen LogP) is 2.96. The summed E-state index contributed by atoms with van der Waals surface area (Å²) in [5, 5.41) is 5.88. The van der Waals surface area contributed by atoms with Crippen LogP contribution in [0.5, 0.6) is 0 Å². The van der Waals surface area contributed by atoms with Crippen LogP contribution in [0.1, 0.15) is 51.0 Å². The highest BCUT2D eigenvalue weighted by molar-refractivity contribution is 5.88. The van der Waals surface area contributed by atoms with E-state index in [9.17, 15) is 9.59 Å². The minimum atomic E-state index is -0.0946. The number of anilines is 1. The average molecular weight is 345 g/mol. The highest BCUT2D eigenvalue weighted by Gasteiger charge is 2.33. The fraction of sp³-hybridized carbons (Fsp3) is 0.600. The van der Waals surface area contributed by atoms with E-state index < -0.39 is 0 Å². The lowest BCUT2D eigenvalue weighted by Crippen LogP contribution is -2.52. The highest BCUT2D eigenvalue weighted by atomic mass is 16.2. The maximum absolute atomic E-state index is 12.4. The van der Waals surface area contributed by atoms with Crippen LogP contribution in [-0.2, 0) is 16.0 Å². The first-order valence-electron chi connectivity index (χ1n) is 9.22. The van der Waals surface area contributed by atoms with Crippen molar-refractivity contribution in [3.05, 3.63) is 29.8 Å². The molecule has 2 amide bonds. The van der Waals surface area contributed by atoms with Gasteiger partial charge in [0.2, 0.25) is 11.8 Å². The molecule has 1 aromatic carbocycles. The number of amides is 2. The highest BCUT2D eigenvalue weighted by Crippen LogP contribution is 2.30. The molecule has 0 heterocycles. The second-order valence-corrected chi connectivity index (χ2v) is 7.36. The van der Waals surface area contributed by atoms with Crippen molar-refractivity contribution in [1.29, 1.82) is 0 Å². The monoisotopic (exact) mass is 345 g/mol. The molecule has 1 aliphatic rings. The van der Waals surface area contributed by atoms with E-state index in [1.807, 2.05) is 24.3 Å². The molecule has 0 unspecified atom stereocenters. The summed E-state index contributed by atoms with van der Waals surface area (Å²) in [6, 6.07) is 7.43. The van der Waals surface area contributed by atoms with Crippen LogP contribution in [0.15, 0.2) is 24.3 Å². The number of carbonyl (C=O) groups excluding carboxylic acids is 2. The van der Waals surface area contributed by atoms with Gasteiger partial charge in [0.25, 0.3) is 0 Å². The van der Waals surface area contributed by atoms with Crippen LogP contribution in [0, 0.1) is 0 Å². The molecule has 0 spiro atoms. The maximum atomic E-state index is 12.4.